The lowest BCUT2D eigenvalue weighted by atomic mass is 9.98. The van der Waals surface area contributed by atoms with E-state index >= 15 is 0 Å². The van der Waals surface area contributed by atoms with Crippen molar-refractivity contribution in [1.29, 1.82) is 0 Å². The Morgan fingerprint density at radius 1 is 1.05 bits per heavy atom. The molecule has 0 saturated carbocycles. The van der Waals surface area contributed by atoms with Crippen LogP contribution in [0.4, 0.5) is 14.5 Å². The Morgan fingerprint density at radius 3 is 2.35 bits per heavy atom. The van der Waals surface area contributed by atoms with Crippen LogP contribution >= 0.6 is 0 Å². The molecule has 1 aliphatic rings. The van der Waals surface area contributed by atoms with Crippen molar-refractivity contribution in [3.8, 4) is 0 Å². The van der Waals surface area contributed by atoms with Crippen LogP contribution in [0, 0.1) is 11.6 Å². The first-order valence-electron chi connectivity index (χ1n) is 5.96. The van der Waals surface area contributed by atoms with Crippen LogP contribution in [0.2, 0.25) is 0 Å². The van der Waals surface area contributed by atoms with Crippen molar-refractivity contribution >= 4 is 5.69 Å². The van der Waals surface area contributed by atoms with E-state index in [9.17, 15) is 24.1 Å². The van der Waals surface area contributed by atoms with Crippen LogP contribution in [0.25, 0.3) is 0 Å². The van der Waals surface area contributed by atoms with Crippen molar-refractivity contribution in [2.45, 2.75) is 30.6 Å². The van der Waals surface area contributed by atoms with E-state index in [1.165, 1.54) is 6.07 Å². The molecule has 5 atom stereocenters. The fourth-order valence-corrected chi connectivity index (χ4v) is 1.97. The summed E-state index contributed by atoms with van der Waals surface area (Å²) in [6, 6.07) is 2.97. The molecule has 1 aliphatic heterocycles. The summed E-state index contributed by atoms with van der Waals surface area (Å²) in [6.07, 6.45) is -6.77. The topological polar surface area (TPSA) is 102 Å². The van der Waals surface area contributed by atoms with E-state index in [0.717, 1.165) is 12.1 Å². The second kappa shape index (κ2) is 5.98. The van der Waals surface area contributed by atoms with Crippen LogP contribution in [0.1, 0.15) is 0 Å². The minimum Gasteiger partial charge on any atom is -0.394 e. The molecule has 0 bridgehead atoms. The van der Waals surface area contributed by atoms with Gasteiger partial charge in [-0.1, -0.05) is 0 Å². The number of anilines is 1. The first kappa shape index (κ1) is 15.1. The Balaban J connectivity index is 2.13. The summed E-state index contributed by atoms with van der Waals surface area (Å²) >= 11 is 0. The Labute approximate surface area is 113 Å². The molecule has 1 heterocycles. The van der Waals surface area contributed by atoms with Gasteiger partial charge in [-0.05, 0) is 12.1 Å². The maximum Gasteiger partial charge on any atom is 0.160 e. The number of aliphatic hydroxyl groups excluding tert-OH is 4. The quantitative estimate of drug-likeness (QED) is 0.498. The van der Waals surface area contributed by atoms with E-state index in [1.807, 2.05) is 0 Å². The summed E-state index contributed by atoms with van der Waals surface area (Å²) in [5.41, 5.74) is 0.119. The molecule has 0 unspecified atom stereocenters. The smallest absolute Gasteiger partial charge is 0.160 e. The molecule has 2 rings (SSSR count). The van der Waals surface area contributed by atoms with Crippen LogP contribution in [-0.4, -0.2) is 57.7 Å². The molecule has 0 radical (unpaired) electrons. The van der Waals surface area contributed by atoms with Crippen LogP contribution in [0.15, 0.2) is 18.2 Å². The molecule has 1 saturated heterocycles. The first-order chi connectivity index (χ1) is 9.43. The molecule has 1 aromatic rings. The average Bonchev–Trinajstić information content (AvgIpc) is 2.43. The van der Waals surface area contributed by atoms with E-state index in [2.05, 4.69) is 5.32 Å². The Kier molecular flexibility index (Phi) is 4.51. The zero-order valence-electron chi connectivity index (χ0n) is 10.3. The highest BCUT2D eigenvalue weighted by Gasteiger charge is 2.43. The van der Waals surface area contributed by atoms with Crippen molar-refractivity contribution in [2.24, 2.45) is 0 Å². The summed E-state index contributed by atoms with van der Waals surface area (Å²) in [6.45, 7) is -0.569. The number of hydrogen-bond donors (Lipinski definition) is 5. The molecule has 20 heavy (non-hydrogen) atoms. The lowest BCUT2D eigenvalue weighted by Crippen LogP contribution is -2.60. The zero-order valence-corrected chi connectivity index (χ0v) is 10.3. The van der Waals surface area contributed by atoms with Crippen molar-refractivity contribution < 1.29 is 33.9 Å². The molecule has 112 valence electrons. The lowest BCUT2D eigenvalue weighted by molar-refractivity contribution is -0.221. The maximum absolute atomic E-state index is 13.1. The highest BCUT2D eigenvalue weighted by Crippen LogP contribution is 2.23. The molecule has 0 spiro atoms. The van der Waals surface area contributed by atoms with E-state index in [4.69, 9.17) is 9.84 Å². The SMILES string of the molecule is OC[C@H]1O[C@@H](Nc2ccc(F)c(F)c2)[C@@H](O)[C@@H](O)[C@@H]1O. The Morgan fingerprint density at radius 2 is 1.75 bits per heavy atom. The predicted molar refractivity (Wildman–Crippen MR) is 63.7 cm³/mol. The number of ether oxygens (including phenoxy) is 1. The van der Waals surface area contributed by atoms with Gasteiger partial charge in [-0.25, -0.2) is 8.78 Å². The second-order valence-corrected chi connectivity index (χ2v) is 4.52. The van der Waals surface area contributed by atoms with Gasteiger partial charge in [0.05, 0.1) is 6.61 Å². The molecule has 1 aromatic carbocycles. The van der Waals surface area contributed by atoms with Gasteiger partial charge in [0.2, 0.25) is 0 Å². The monoisotopic (exact) mass is 291 g/mol. The van der Waals surface area contributed by atoms with Gasteiger partial charge in [0.15, 0.2) is 17.9 Å². The van der Waals surface area contributed by atoms with Gasteiger partial charge in [-0.15, -0.1) is 0 Å². The summed E-state index contributed by atoms with van der Waals surface area (Å²) in [5.74, 6) is -2.11. The van der Waals surface area contributed by atoms with Gasteiger partial charge in [0, 0.05) is 11.8 Å². The maximum atomic E-state index is 13.1. The molecule has 1 fully saturated rings. The molecule has 0 aromatic heterocycles. The number of rotatable bonds is 3. The van der Waals surface area contributed by atoms with E-state index in [-0.39, 0.29) is 5.69 Å². The largest absolute Gasteiger partial charge is 0.394 e. The molecule has 8 heteroatoms. The van der Waals surface area contributed by atoms with Gasteiger partial charge in [-0.2, -0.15) is 0 Å². The molecule has 6 nitrogen and oxygen atoms in total. The number of benzene rings is 1. The fraction of sp³-hybridized carbons (Fsp3) is 0.500. The minimum absolute atomic E-state index is 0.119. The van der Waals surface area contributed by atoms with Gasteiger partial charge in [0.25, 0.3) is 0 Å². The van der Waals surface area contributed by atoms with Gasteiger partial charge < -0.3 is 30.5 Å². The third kappa shape index (κ3) is 2.89. The Hall–Kier alpha value is -1.32. The summed E-state index contributed by atoms with van der Waals surface area (Å²) in [4.78, 5) is 0. The van der Waals surface area contributed by atoms with Crippen LogP contribution in [0.5, 0.6) is 0 Å². The number of hydrogen-bond acceptors (Lipinski definition) is 6. The Bertz CT molecular complexity index is 473. The van der Waals surface area contributed by atoms with Gasteiger partial charge >= 0.3 is 0 Å². The highest BCUT2D eigenvalue weighted by molar-refractivity contribution is 5.44. The fourth-order valence-electron chi connectivity index (χ4n) is 1.97. The second-order valence-electron chi connectivity index (χ2n) is 4.52. The summed E-state index contributed by atoms with van der Waals surface area (Å²) in [5, 5.41) is 40.5. The zero-order chi connectivity index (χ0) is 14.9. The molecule has 5 N–H and O–H groups in total. The molecular weight excluding hydrogens is 276 g/mol. The van der Waals surface area contributed by atoms with Crippen LogP contribution in [-0.2, 0) is 4.74 Å². The molecular formula is C12H15F2NO5. The summed E-state index contributed by atoms with van der Waals surface area (Å²) < 4.78 is 31.0. The number of nitrogens with one attached hydrogen (secondary N) is 1. The standard InChI is InChI=1S/C12H15F2NO5/c13-6-2-1-5(3-7(6)14)15-12-11(19)10(18)9(17)8(4-16)20-12/h1-3,8-12,15-19H,4H2/t8-,9-,10+,11+,12-/m1/s1. The average molecular weight is 291 g/mol. The first-order valence-corrected chi connectivity index (χ1v) is 5.96. The predicted octanol–water partition coefficient (Wildman–Crippen LogP) is -0.823. The lowest BCUT2D eigenvalue weighted by Gasteiger charge is -2.40. The van der Waals surface area contributed by atoms with E-state index in [0.29, 0.717) is 0 Å². The third-order valence-corrected chi connectivity index (χ3v) is 3.12. The van der Waals surface area contributed by atoms with Crippen LogP contribution in [0.3, 0.4) is 0 Å². The molecule has 0 amide bonds. The third-order valence-electron chi connectivity index (χ3n) is 3.12. The minimum atomic E-state index is -1.54. The van der Waals surface area contributed by atoms with Crippen molar-refractivity contribution in [3.63, 3.8) is 0 Å². The number of halogens is 2. The van der Waals surface area contributed by atoms with E-state index < -0.39 is 48.9 Å². The van der Waals surface area contributed by atoms with E-state index in [1.54, 1.807) is 0 Å². The van der Waals surface area contributed by atoms with Crippen molar-refractivity contribution in [3.05, 3.63) is 29.8 Å². The van der Waals surface area contributed by atoms with Crippen molar-refractivity contribution in [2.75, 3.05) is 11.9 Å². The van der Waals surface area contributed by atoms with Gasteiger partial charge in [-0.3, -0.25) is 0 Å². The van der Waals surface area contributed by atoms with Crippen LogP contribution < -0.4 is 5.32 Å². The highest BCUT2D eigenvalue weighted by atomic mass is 19.2. The van der Waals surface area contributed by atoms with Crippen molar-refractivity contribution in [1.82, 2.24) is 0 Å². The van der Waals surface area contributed by atoms with Gasteiger partial charge in [0.1, 0.15) is 24.4 Å². The summed E-state index contributed by atoms with van der Waals surface area (Å²) in [7, 11) is 0. The normalized spacial score (nSPS) is 34.0. The number of aliphatic hydroxyl groups is 4. The molecule has 0 aliphatic carbocycles.